The van der Waals surface area contributed by atoms with Gasteiger partial charge in [0.05, 0.1) is 14.2 Å². The fourth-order valence-electron chi connectivity index (χ4n) is 3.60. The molecule has 0 aromatic heterocycles. The van der Waals surface area contributed by atoms with Crippen LogP contribution in [-0.4, -0.2) is 31.9 Å². The molecule has 2 atom stereocenters. The number of hydrogen-bond acceptors (Lipinski definition) is 5. The van der Waals surface area contributed by atoms with Gasteiger partial charge >= 0.3 is 11.9 Å². The normalized spacial score (nSPS) is 25.7. The summed E-state index contributed by atoms with van der Waals surface area (Å²) >= 11 is 0. The van der Waals surface area contributed by atoms with E-state index in [1.807, 2.05) is 13.8 Å². The molecule has 1 saturated carbocycles. The van der Waals surface area contributed by atoms with E-state index in [0.29, 0.717) is 0 Å². The molecule has 5 nitrogen and oxygen atoms in total. The molecule has 0 N–H and O–H groups in total. The van der Waals surface area contributed by atoms with Crippen LogP contribution in [0.3, 0.4) is 0 Å². The van der Waals surface area contributed by atoms with Gasteiger partial charge < -0.3 is 9.47 Å². The Morgan fingerprint density at radius 2 is 1.82 bits per heavy atom. The molecule has 2 rings (SSSR count). The number of hydrogen-bond donors (Lipinski definition) is 0. The maximum absolute atomic E-state index is 12.3. The van der Waals surface area contributed by atoms with Crippen molar-refractivity contribution in [1.82, 2.24) is 0 Å². The molecule has 0 aromatic carbocycles. The second kappa shape index (κ2) is 5.71. The lowest BCUT2D eigenvalue weighted by molar-refractivity contribution is -0.169. The Hall–Kier alpha value is -1.91. The zero-order chi connectivity index (χ0) is 16.7. The topological polar surface area (TPSA) is 69.7 Å². The zero-order valence-corrected chi connectivity index (χ0v) is 13.5. The molecule has 120 valence electrons. The zero-order valence-electron chi connectivity index (χ0n) is 13.5. The molecule has 2 aliphatic rings. The van der Waals surface area contributed by atoms with E-state index in [-0.39, 0.29) is 36.4 Å². The number of esters is 2. The highest BCUT2D eigenvalue weighted by molar-refractivity contribution is 6.04. The van der Waals surface area contributed by atoms with Crippen LogP contribution in [0.1, 0.15) is 26.7 Å². The van der Waals surface area contributed by atoms with Gasteiger partial charge in [-0.15, -0.1) is 0 Å². The fourth-order valence-corrected chi connectivity index (χ4v) is 3.60. The molecule has 0 spiro atoms. The number of fused-ring (bicyclic) bond motifs is 1. The van der Waals surface area contributed by atoms with Crippen molar-refractivity contribution in [3.63, 3.8) is 0 Å². The first-order valence-corrected chi connectivity index (χ1v) is 7.38. The summed E-state index contributed by atoms with van der Waals surface area (Å²) in [6, 6.07) is 0. The molecular weight excluding hydrogens is 284 g/mol. The number of rotatable bonds is 4. The first-order valence-electron chi connectivity index (χ1n) is 7.38. The van der Waals surface area contributed by atoms with Gasteiger partial charge in [-0.05, 0) is 30.8 Å². The summed E-state index contributed by atoms with van der Waals surface area (Å²) in [6.45, 7) is 8.00. The van der Waals surface area contributed by atoms with Gasteiger partial charge in [0, 0.05) is 5.92 Å². The van der Waals surface area contributed by atoms with Crippen LogP contribution in [0.15, 0.2) is 23.8 Å². The van der Waals surface area contributed by atoms with Gasteiger partial charge in [0.2, 0.25) is 0 Å². The molecule has 0 aliphatic heterocycles. The molecular formula is C17H22O5. The number of ether oxygens (including phenoxy) is 2. The van der Waals surface area contributed by atoms with Crippen molar-refractivity contribution in [2.75, 3.05) is 14.2 Å². The van der Waals surface area contributed by atoms with Gasteiger partial charge in [-0.2, -0.15) is 0 Å². The summed E-state index contributed by atoms with van der Waals surface area (Å²) in [6.07, 6.45) is 1.99. The molecule has 2 aliphatic carbocycles. The Morgan fingerprint density at radius 1 is 1.27 bits per heavy atom. The van der Waals surface area contributed by atoms with E-state index in [0.717, 1.165) is 11.1 Å². The molecule has 0 heterocycles. The predicted molar refractivity (Wildman–Crippen MR) is 79.7 cm³/mol. The summed E-state index contributed by atoms with van der Waals surface area (Å²) < 4.78 is 9.64. The van der Waals surface area contributed by atoms with E-state index in [2.05, 4.69) is 6.58 Å². The van der Waals surface area contributed by atoms with E-state index in [1.165, 1.54) is 14.2 Å². The fraction of sp³-hybridized carbons (Fsp3) is 0.588. The van der Waals surface area contributed by atoms with Crippen LogP contribution >= 0.6 is 0 Å². The van der Waals surface area contributed by atoms with Crippen molar-refractivity contribution in [3.05, 3.63) is 23.8 Å². The van der Waals surface area contributed by atoms with Crippen LogP contribution < -0.4 is 0 Å². The summed E-state index contributed by atoms with van der Waals surface area (Å²) in [7, 11) is 2.51. The lowest BCUT2D eigenvalue weighted by Gasteiger charge is -2.26. The van der Waals surface area contributed by atoms with E-state index < -0.39 is 17.4 Å². The van der Waals surface area contributed by atoms with Crippen LogP contribution in [0.2, 0.25) is 0 Å². The van der Waals surface area contributed by atoms with Crippen LogP contribution in [0.25, 0.3) is 0 Å². The minimum atomic E-state index is -1.34. The summed E-state index contributed by atoms with van der Waals surface area (Å²) in [4.78, 5) is 36.7. The number of methoxy groups -OCH3 is 2. The first-order chi connectivity index (χ1) is 10.3. The van der Waals surface area contributed by atoms with Gasteiger partial charge in [-0.1, -0.05) is 31.6 Å². The highest BCUT2D eigenvalue weighted by Crippen LogP contribution is 2.54. The van der Waals surface area contributed by atoms with Crippen LogP contribution in [0.4, 0.5) is 0 Å². The lowest BCUT2D eigenvalue weighted by Crippen LogP contribution is -2.40. The van der Waals surface area contributed by atoms with E-state index in [1.54, 1.807) is 6.08 Å². The molecule has 1 fully saturated rings. The van der Waals surface area contributed by atoms with Gasteiger partial charge in [0.15, 0.2) is 11.2 Å². The third-order valence-corrected chi connectivity index (χ3v) is 4.88. The Labute approximate surface area is 130 Å². The minimum absolute atomic E-state index is 0.0158. The number of allylic oxidation sites excluding steroid dienone is 3. The Morgan fingerprint density at radius 3 is 2.27 bits per heavy atom. The molecule has 0 saturated heterocycles. The average Bonchev–Trinajstić information content (AvgIpc) is 2.98. The SMILES string of the molecule is C=C(C(C)C)[C@@H]1C(=O)C=C2CC(C(=O)OC)(C(=O)OC)CC21. The molecule has 0 bridgehead atoms. The van der Waals surface area contributed by atoms with E-state index >= 15 is 0 Å². The van der Waals surface area contributed by atoms with Crippen LogP contribution in [0.5, 0.6) is 0 Å². The molecule has 1 unspecified atom stereocenters. The maximum Gasteiger partial charge on any atom is 0.323 e. The number of carbonyl (C=O) groups is 3. The second-order valence-electron chi connectivity index (χ2n) is 6.38. The molecule has 22 heavy (non-hydrogen) atoms. The monoisotopic (exact) mass is 306 g/mol. The second-order valence-corrected chi connectivity index (χ2v) is 6.38. The smallest absolute Gasteiger partial charge is 0.323 e. The highest BCUT2D eigenvalue weighted by Gasteiger charge is 2.59. The van der Waals surface area contributed by atoms with Crippen molar-refractivity contribution >= 4 is 17.7 Å². The molecule has 0 aromatic rings. The average molecular weight is 306 g/mol. The first kappa shape index (κ1) is 16.5. The van der Waals surface area contributed by atoms with Crippen molar-refractivity contribution in [2.45, 2.75) is 26.7 Å². The van der Waals surface area contributed by atoms with Crippen molar-refractivity contribution in [1.29, 1.82) is 0 Å². The van der Waals surface area contributed by atoms with Crippen molar-refractivity contribution in [3.8, 4) is 0 Å². The summed E-state index contributed by atoms with van der Waals surface area (Å²) in [5, 5.41) is 0. The third-order valence-electron chi connectivity index (χ3n) is 4.88. The number of ketones is 1. The maximum atomic E-state index is 12.3. The molecule has 5 heteroatoms. The summed E-state index contributed by atoms with van der Waals surface area (Å²) in [5.41, 5.74) is 0.329. The molecule has 0 amide bonds. The summed E-state index contributed by atoms with van der Waals surface area (Å²) in [5.74, 6) is -1.55. The Balaban J connectivity index is 2.39. The number of carbonyl (C=O) groups excluding carboxylic acids is 3. The van der Waals surface area contributed by atoms with Crippen molar-refractivity contribution < 1.29 is 23.9 Å². The van der Waals surface area contributed by atoms with Crippen LogP contribution in [-0.2, 0) is 23.9 Å². The minimum Gasteiger partial charge on any atom is -0.468 e. The Kier molecular flexibility index (Phi) is 4.27. The van der Waals surface area contributed by atoms with Gasteiger partial charge in [-0.25, -0.2) is 0 Å². The van der Waals surface area contributed by atoms with Gasteiger partial charge in [0.25, 0.3) is 0 Å². The van der Waals surface area contributed by atoms with Crippen molar-refractivity contribution in [2.24, 2.45) is 23.2 Å². The lowest BCUT2D eigenvalue weighted by atomic mass is 9.77. The van der Waals surface area contributed by atoms with E-state index in [9.17, 15) is 14.4 Å². The largest absolute Gasteiger partial charge is 0.468 e. The quantitative estimate of drug-likeness (QED) is 0.452. The Bertz CT molecular complexity index is 554. The third kappa shape index (κ3) is 2.28. The van der Waals surface area contributed by atoms with Gasteiger partial charge in [0.1, 0.15) is 0 Å². The standard InChI is InChI=1S/C17H22O5/c1-9(2)10(3)14-12-8-17(15(19)21-4,16(20)22-5)7-11(12)6-13(14)18/h6,9,12,14H,3,7-8H2,1-2,4-5H3/t12?,14-/m0/s1. The highest BCUT2D eigenvalue weighted by atomic mass is 16.5. The van der Waals surface area contributed by atoms with Gasteiger partial charge in [-0.3, -0.25) is 14.4 Å². The predicted octanol–water partition coefficient (Wildman–Crippen LogP) is 2.07. The van der Waals surface area contributed by atoms with E-state index in [4.69, 9.17) is 9.47 Å². The molecule has 0 radical (unpaired) electrons. The van der Waals surface area contributed by atoms with Crippen LogP contribution in [0, 0.1) is 23.2 Å².